The van der Waals surface area contributed by atoms with Crippen molar-refractivity contribution >= 4 is 0 Å². The molecule has 0 aromatic heterocycles. The molecule has 1 heterocycles. The Morgan fingerprint density at radius 1 is 0.559 bits per heavy atom. The van der Waals surface area contributed by atoms with Gasteiger partial charge in [0.05, 0.1) is 12.2 Å². The molecule has 0 aliphatic carbocycles. The monoisotopic (exact) mass is 477 g/mol. The van der Waals surface area contributed by atoms with E-state index in [0.29, 0.717) is 0 Å². The maximum absolute atomic E-state index is 6.23. The molecule has 0 N–H and O–H groups in total. The van der Waals surface area contributed by atoms with Crippen LogP contribution in [0.2, 0.25) is 0 Å². The lowest BCUT2D eigenvalue weighted by molar-refractivity contribution is -0.0481. The molecule has 34 heavy (non-hydrogen) atoms. The van der Waals surface area contributed by atoms with Crippen LogP contribution >= 0.6 is 0 Å². The molecule has 0 bridgehead atoms. The van der Waals surface area contributed by atoms with Crippen molar-refractivity contribution in [2.24, 2.45) is 0 Å². The van der Waals surface area contributed by atoms with Crippen molar-refractivity contribution in [1.82, 2.24) is 4.90 Å². The third-order valence-corrected chi connectivity index (χ3v) is 6.90. The number of unbranched alkanes of at least 4 members (excludes halogenated alkanes) is 14. The van der Waals surface area contributed by atoms with E-state index in [1.54, 1.807) is 0 Å². The van der Waals surface area contributed by atoms with Gasteiger partial charge in [-0.05, 0) is 52.0 Å². The Labute approximate surface area is 213 Å². The predicted octanol–water partition coefficient (Wildman–Crippen LogP) is 8.88. The van der Waals surface area contributed by atoms with Crippen molar-refractivity contribution in [3.05, 3.63) is 24.3 Å². The summed E-state index contributed by atoms with van der Waals surface area (Å²) in [5.41, 5.74) is 0. The minimum Gasteiger partial charge on any atom is -0.374 e. The predicted molar refractivity (Wildman–Crippen MR) is 150 cm³/mol. The zero-order valence-electron chi connectivity index (χ0n) is 23.3. The smallest absolute Gasteiger partial charge is 0.0975 e. The number of hydrogen-bond acceptors (Lipinski definition) is 3. The molecule has 1 aliphatic heterocycles. The van der Waals surface area contributed by atoms with Gasteiger partial charge in [0.1, 0.15) is 0 Å². The fourth-order valence-electron chi connectivity index (χ4n) is 4.69. The van der Waals surface area contributed by atoms with Gasteiger partial charge in [-0.1, -0.05) is 109 Å². The van der Waals surface area contributed by atoms with Gasteiger partial charge in [0, 0.05) is 26.3 Å². The largest absolute Gasteiger partial charge is 0.374 e. The van der Waals surface area contributed by atoms with Gasteiger partial charge in [0.15, 0.2) is 0 Å². The lowest BCUT2D eigenvalue weighted by atomic mass is 10.1. The second kappa shape index (κ2) is 24.1. The van der Waals surface area contributed by atoms with Gasteiger partial charge in [0.2, 0.25) is 0 Å². The molecule has 2 atom stereocenters. The highest BCUT2D eigenvalue weighted by atomic mass is 16.5. The van der Waals surface area contributed by atoms with E-state index in [-0.39, 0.29) is 12.2 Å². The lowest BCUT2D eigenvalue weighted by Crippen LogP contribution is -2.30. The Kier molecular flexibility index (Phi) is 22.2. The molecule has 0 aromatic carbocycles. The summed E-state index contributed by atoms with van der Waals surface area (Å²) >= 11 is 0. The first kappa shape index (κ1) is 31.4. The molecular formula is C31H59NO2. The molecule has 1 aliphatic rings. The zero-order valence-corrected chi connectivity index (χ0v) is 23.3. The second-order valence-corrected chi connectivity index (χ2v) is 10.4. The summed E-state index contributed by atoms with van der Waals surface area (Å²) in [6, 6.07) is 0. The molecule has 0 spiro atoms. The van der Waals surface area contributed by atoms with Gasteiger partial charge in [-0.15, -0.1) is 0 Å². The van der Waals surface area contributed by atoms with E-state index >= 15 is 0 Å². The molecule has 0 aromatic rings. The van der Waals surface area contributed by atoms with Gasteiger partial charge < -0.3 is 14.4 Å². The summed E-state index contributed by atoms with van der Waals surface area (Å²) in [6.07, 6.45) is 33.3. The Bertz CT molecular complexity index is 476. The molecule has 3 nitrogen and oxygen atoms in total. The maximum Gasteiger partial charge on any atom is 0.0975 e. The number of nitrogens with zero attached hydrogens (tertiary/aromatic N) is 1. The number of likely N-dealkylation sites (N-methyl/N-ethyl adjacent to an activating group) is 1. The van der Waals surface area contributed by atoms with Crippen LogP contribution in [0.3, 0.4) is 0 Å². The number of hydrogen-bond donors (Lipinski definition) is 0. The van der Waals surface area contributed by atoms with Gasteiger partial charge in [-0.3, -0.25) is 0 Å². The Morgan fingerprint density at radius 2 is 0.971 bits per heavy atom. The molecule has 3 heteroatoms. The number of likely N-dealkylation sites (tertiary alicyclic amines) is 1. The molecule has 0 radical (unpaired) electrons. The van der Waals surface area contributed by atoms with E-state index in [2.05, 4.69) is 50.1 Å². The van der Waals surface area contributed by atoms with Crippen LogP contribution in [0.25, 0.3) is 0 Å². The van der Waals surface area contributed by atoms with Crippen LogP contribution in [-0.2, 0) is 9.47 Å². The van der Waals surface area contributed by atoms with Gasteiger partial charge >= 0.3 is 0 Å². The average Bonchev–Trinajstić information content (AvgIpc) is 3.19. The molecule has 200 valence electrons. The number of ether oxygens (including phenoxy) is 2. The van der Waals surface area contributed by atoms with E-state index in [0.717, 1.165) is 32.7 Å². The summed E-state index contributed by atoms with van der Waals surface area (Å²) in [5, 5.41) is 0. The highest BCUT2D eigenvalue weighted by Gasteiger charge is 2.32. The standard InChI is InChI=1S/C31H59NO2/c1-4-6-8-10-12-13-14-15-16-17-18-19-20-21-23-25-27-34-31-29-32(3)28-30(31)33-26-24-22-11-9-7-5-2/h12-13,15-16,30-31H,4-11,14,17-29H2,1-3H3/b13-12-,16-15-. The Balaban J connectivity index is 1.91. The zero-order chi connectivity index (χ0) is 24.5. The highest BCUT2D eigenvalue weighted by molar-refractivity contribution is 4.92. The summed E-state index contributed by atoms with van der Waals surface area (Å²) in [4.78, 5) is 2.36. The molecule has 1 saturated heterocycles. The summed E-state index contributed by atoms with van der Waals surface area (Å²) in [5.74, 6) is 0. The van der Waals surface area contributed by atoms with Gasteiger partial charge in [0.25, 0.3) is 0 Å². The van der Waals surface area contributed by atoms with Crippen molar-refractivity contribution in [2.45, 2.75) is 142 Å². The van der Waals surface area contributed by atoms with Crippen LogP contribution in [0.1, 0.15) is 129 Å². The van der Waals surface area contributed by atoms with Crippen LogP contribution in [0.15, 0.2) is 24.3 Å². The van der Waals surface area contributed by atoms with E-state index in [9.17, 15) is 0 Å². The Morgan fingerprint density at radius 3 is 1.50 bits per heavy atom. The van der Waals surface area contributed by atoms with Crippen LogP contribution in [-0.4, -0.2) is 50.5 Å². The first-order valence-electron chi connectivity index (χ1n) is 15.0. The van der Waals surface area contributed by atoms with E-state index < -0.39 is 0 Å². The lowest BCUT2D eigenvalue weighted by Gasteiger charge is -2.20. The van der Waals surface area contributed by atoms with E-state index in [1.807, 2.05) is 0 Å². The summed E-state index contributed by atoms with van der Waals surface area (Å²) in [7, 11) is 2.19. The normalized spacial score (nSPS) is 19.3. The van der Waals surface area contributed by atoms with Crippen molar-refractivity contribution in [3.63, 3.8) is 0 Å². The minimum absolute atomic E-state index is 0.267. The number of allylic oxidation sites excluding steroid dienone is 4. The molecular weight excluding hydrogens is 418 g/mol. The quantitative estimate of drug-likeness (QED) is 0.102. The second-order valence-electron chi connectivity index (χ2n) is 10.4. The molecule has 0 amide bonds. The first-order chi connectivity index (χ1) is 16.8. The van der Waals surface area contributed by atoms with Crippen LogP contribution < -0.4 is 0 Å². The third-order valence-electron chi connectivity index (χ3n) is 6.90. The molecule has 2 unspecified atom stereocenters. The van der Waals surface area contributed by atoms with E-state index in [1.165, 1.54) is 109 Å². The molecule has 1 fully saturated rings. The molecule has 0 saturated carbocycles. The summed E-state index contributed by atoms with van der Waals surface area (Å²) in [6.45, 7) is 8.36. The minimum atomic E-state index is 0.267. The van der Waals surface area contributed by atoms with Crippen molar-refractivity contribution < 1.29 is 9.47 Å². The highest BCUT2D eigenvalue weighted by Crippen LogP contribution is 2.17. The first-order valence-corrected chi connectivity index (χ1v) is 15.0. The van der Waals surface area contributed by atoms with Crippen LogP contribution in [0.4, 0.5) is 0 Å². The van der Waals surface area contributed by atoms with Crippen LogP contribution in [0, 0.1) is 0 Å². The van der Waals surface area contributed by atoms with Crippen molar-refractivity contribution in [1.29, 1.82) is 0 Å². The average molecular weight is 478 g/mol. The van der Waals surface area contributed by atoms with Gasteiger partial charge in [-0.25, -0.2) is 0 Å². The molecule has 1 rings (SSSR count). The van der Waals surface area contributed by atoms with Crippen molar-refractivity contribution in [2.75, 3.05) is 33.4 Å². The van der Waals surface area contributed by atoms with Crippen LogP contribution in [0.5, 0.6) is 0 Å². The fraction of sp³-hybridized carbons (Fsp3) is 0.871. The van der Waals surface area contributed by atoms with Gasteiger partial charge in [-0.2, -0.15) is 0 Å². The van der Waals surface area contributed by atoms with Crippen molar-refractivity contribution in [3.8, 4) is 0 Å². The Hall–Kier alpha value is -0.640. The SMILES string of the molecule is CCCCC/C=C\C/C=C\CCCCCCCCOC1CN(C)CC1OCCCCCCCC. The maximum atomic E-state index is 6.23. The third kappa shape index (κ3) is 18.7. The fourth-order valence-corrected chi connectivity index (χ4v) is 4.69. The summed E-state index contributed by atoms with van der Waals surface area (Å²) < 4.78 is 12.4. The van der Waals surface area contributed by atoms with E-state index in [4.69, 9.17) is 9.47 Å². The topological polar surface area (TPSA) is 21.7 Å². The number of rotatable bonds is 24.